The lowest BCUT2D eigenvalue weighted by Crippen LogP contribution is -2.83. The molecule has 5 heteroatoms. The van der Waals surface area contributed by atoms with Crippen molar-refractivity contribution < 1.29 is 19.7 Å². The minimum Gasteiger partial charge on any atom is -0.504 e. The Morgan fingerprint density at radius 2 is 2.06 bits per heavy atom. The molecule has 5 nitrogen and oxygen atoms in total. The first-order chi connectivity index (χ1) is 14.7. The normalized spacial score (nSPS) is 46.1. The fourth-order valence-corrected chi connectivity index (χ4v) is 8.94. The Labute approximate surface area is 183 Å². The molecule has 2 unspecified atom stereocenters. The average molecular weight is 424 g/mol. The first-order valence-electron chi connectivity index (χ1n) is 12.0. The summed E-state index contributed by atoms with van der Waals surface area (Å²) >= 11 is 0. The lowest BCUT2D eigenvalue weighted by Gasteiger charge is -2.75. The molecule has 2 heterocycles. The van der Waals surface area contributed by atoms with Crippen molar-refractivity contribution in [1.82, 2.24) is 5.32 Å². The number of phenols is 1. The monoisotopic (exact) mass is 423 g/mol. The predicted molar refractivity (Wildman–Crippen MR) is 116 cm³/mol. The molecule has 2 saturated carbocycles. The summed E-state index contributed by atoms with van der Waals surface area (Å²) in [5, 5.41) is 26.5. The average Bonchev–Trinajstić information content (AvgIpc) is 3.45. The second kappa shape index (κ2) is 5.32. The van der Waals surface area contributed by atoms with Crippen LogP contribution in [0.4, 0.5) is 0 Å². The van der Waals surface area contributed by atoms with E-state index < -0.39 is 16.6 Å². The zero-order valence-corrected chi connectivity index (χ0v) is 18.7. The maximum absolute atomic E-state index is 11.8. The quantitative estimate of drug-likeness (QED) is 0.649. The molecular formula is C26H33NO4. The number of phenolic OH excluding ortho intramolecular Hbond substituents is 1. The topological polar surface area (TPSA) is 71.0 Å². The maximum Gasteiger partial charge on any atom is 0.165 e. The van der Waals surface area contributed by atoms with Gasteiger partial charge in [0.15, 0.2) is 11.5 Å². The van der Waals surface area contributed by atoms with E-state index in [0.29, 0.717) is 17.7 Å². The summed E-state index contributed by atoms with van der Waals surface area (Å²) < 4.78 is 13.4. The van der Waals surface area contributed by atoms with Gasteiger partial charge in [-0.15, -0.1) is 0 Å². The van der Waals surface area contributed by atoms with Gasteiger partial charge in [0.05, 0.1) is 11.0 Å². The molecule has 1 aromatic carbocycles. The van der Waals surface area contributed by atoms with Crippen molar-refractivity contribution in [3.05, 3.63) is 35.4 Å². The van der Waals surface area contributed by atoms with Gasteiger partial charge in [0.1, 0.15) is 11.7 Å². The lowest BCUT2D eigenvalue weighted by atomic mass is 9.32. The molecule has 0 amide bonds. The number of benzene rings is 1. The highest BCUT2D eigenvalue weighted by Crippen LogP contribution is 2.78. The molecule has 2 spiro atoms. The van der Waals surface area contributed by atoms with Crippen LogP contribution in [0.2, 0.25) is 0 Å². The molecule has 3 N–H and O–H groups in total. The molecule has 6 atom stereocenters. The fraction of sp³-hybridized carbons (Fsp3) is 0.692. The van der Waals surface area contributed by atoms with E-state index in [1.54, 1.807) is 13.2 Å². The van der Waals surface area contributed by atoms with Gasteiger partial charge in [-0.05, 0) is 63.6 Å². The van der Waals surface area contributed by atoms with Gasteiger partial charge in [-0.25, -0.2) is 0 Å². The van der Waals surface area contributed by atoms with Crippen molar-refractivity contribution in [2.24, 2.45) is 16.7 Å². The Morgan fingerprint density at radius 3 is 2.77 bits per heavy atom. The van der Waals surface area contributed by atoms with Gasteiger partial charge in [-0.3, -0.25) is 0 Å². The molecule has 0 radical (unpaired) electrons. The number of hydrogen-bond donors (Lipinski definition) is 3. The Morgan fingerprint density at radius 1 is 1.26 bits per heavy atom. The van der Waals surface area contributed by atoms with Crippen LogP contribution in [0.5, 0.6) is 11.5 Å². The number of methoxy groups -OCH3 is 1. The van der Waals surface area contributed by atoms with Gasteiger partial charge in [0, 0.05) is 29.5 Å². The number of aromatic hydroxyl groups is 1. The van der Waals surface area contributed by atoms with Gasteiger partial charge in [0.2, 0.25) is 0 Å². The summed E-state index contributed by atoms with van der Waals surface area (Å²) in [6, 6.07) is 4.17. The third-order valence-electron chi connectivity index (χ3n) is 10.3. The summed E-state index contributed by atoms with van der Waals surface area (Å²) in [4.78, 5) is 0. The number of rotatable bonds is 4. The van der Waals surface area contributed by atoms with Gasteiger partial charge >= 0.3 is 0 Å². The van der Waals surface area contributed by atoms with Gasteiger partial charge in [0.25, 0.3) is 0 Å². The Balaban J connectivity index is 1.57. The van der Waals surface area contributed by atoms with E-state index in [1.807, 2.05) is 13.8 Å². The van der Waals surface area contributed by atoms with Crippen molar-refractivity contribution in [2.45, 2.75) is 81.1 Å². The first kappa shape index (κ1) is 19.0. The highest BCUT2D eigenvalue weighted by Gasteiger charge is 2.83. The van der Waals surface area contributed by atoms with E-state index in [-0.39, 0.29) is 22.7 Å². The predicted octanol–water partition coefficient (Wildman–Crippen LogP) is 3.21. The minimum absolute atomic E-state index is 0.156. The number of piperidine rings is 1. The third kappa shape index (κ3) is 1.79. The number of nitrogens with one attached hydrogen (secondary N) is 1. The lowest BCUT2D eigenvalue weighted by molar-refractivity contribution is -0.287. The van der Waals surface area contributed by atoms with E-state index in [4.69, 9.17) is 9.47 Å². The van der Waals surface area contributed by atoms with Crippen LogP contribution in [0.15, 0.2) is 24.3 Å². The van der Waals surface area contributed by atoms with Gasteiger partial charge in [-0.2, -0.15) is 0 Å². The Kier molecular flexibility index (Phi) is 3.25. The first-order valence-corrected chi connectivity index (χ1v) is 12.0. The summed E-state index contributed by atoms with van der Waals surface area (Å²) in [5.41, 5.74) is 0.00556. The van der Waals surface area contributed by atoms with Crippen molar-refractivity contribution in [2.75, 3.05) is 13.7 Å². The maximum atomic E-state index is 11.8. The highest BCUT2D eigenvalue weighted by atomic mass is 16.6. The summed E-state index contributed by atoms with van der Waals surface area (Å²) in [5.74, 6) is 1.54. The molecule has 1 saturated heterocycles. The molecule has 5 aliphatic carbocycles. The molecule has 1 aromatic rings. The van der Waals surface area contributed by atoms with Crippen LogP contribution in [-0.2, 0) is 16.6 Å². The summed E-state index contributed by atoms with van der Waals surface area (Å²) in [7, 11) is 1.79. The van der Waals surface area contributed by atoms with Crippen LogP contribution in [0.25, 0.3) is 0 Å². The second-order valence-electron chi connectivity index (χ2n) is 11.7. The van der Waals surface area contributed by atoms with E-state index in [0.717, 1.165) is 32.2 Å². The zero-order chi connectivity index (χ0) is 21.4. The van der Waals surface area contributed by atoms with Crippen LogP contribution in [0.1, 0.15) is 57.1 Å². The molecule has 4 bridgehead atoms. The number of hydrogen-bond acceptors (Lipinski definition) is 5. The molecule has 166 valence electrons. The molecule has 8 rings (SSSR count). The van der Waals surface area contributed by atoms with Gasteiger partial charge in [-0.1, -0.05) is 31.1 Å². The van der Waals surface area contributed by atoms with E-state index >= 15 is 0 Å². The second-order valence-corrected chi connectivity index (χ2v) is 11.7. The fourth-order valence-electron chi connectivity index (χ4n) is 8.94. The number of fused-ring (bicyclic) bond motifs is 1. The molecule has 3 fully saturated rings. The Hall–Kier alpha value is -1.56. The van der Waals surface area contributed by atoms with Crippen LogP contribution >= 0.6 is 0 Å². The zero-order valence-electron chi connectivity index (χ0n) is 18.7. The van der Waals surface area contributed by atoms with E-state index in [1.165, 1.54) is 24.0 Å². The SMILES string of the molecule is CO[C@]12C=C[C@@]3(CC1(CC1CC1)C(C)(C)O)[C@H]1Cc4ccc(O)c5c4[C@@]3(CCN1)C2O5. The standard InChI is InChI=1S/C26H33NO4/c1-22(2,29)24(13-15-4-5-15)14-23-8-9-26(24,30-3)21-25(23)10-11-27-18(23)12-16-6-7-17(28)20(31-21)19(16)25/h6-9,15,18,21,27-29H,4-5,10-14H2,1-3H3/t18-,21?,23-,24?,25+,26+/m1/s1. The molecule has 2 aliphatic heterocycles. The summed E-state index contributed by atoms with van der Waals surface area (Å²) in [6.45, 7) is 4.89. The number of ether oxygens (including phenoxy) is 2. The summed E-state index contributed by atoms with van der Waals surface area (Å²) in [6.07, 6.45) is 10.6. The van der Waals surface area contributed by atoms with Crippen molar-refractivity contribution in [3.8, 4) is 11.5 Å². The van der Waals surface area contributed by atoms with Crippen molar-refractivity contribution >= 4 is 0 Å². The molecule has 31 heavy (non-hydrogen) atoms. The molecule has 7 aliphatic rings. The minimum atomic E-state index is -0.931. The van der Waals surface area contributed by atoms with Crippen LogP contribution in [0, 0.1) is 16.7 Å². The van der Waals surface area contributed by atoms with Gasteiger partial charge < -0.3 is 25.0 Å². The van der Waals surface area contributed by atoms with Crippen molar-refractivity contribution in [3.63, 3.8) is 0 Å². The Bertz CT molecular complexity index is 1020. The smallest absolute Gasteiger partial charge is 0.165 e. The van der Waals surface area contributed by atoms with Crippen molar-refractivity contribution in [1.29, 1.82) is 0 Å². The van der Waals surface area contributed by atoms with Crippen LogP contribution in [0.3, 0.4) is 0 Å². The number of aliphatic hydroxyl groups is 1. The third-order valence-corrected chi connectivity index (χ3v) is 10.3. The largest absolute Gasteiger partial charge is 0.504 e. The molecular weight excluding hydrogens is 390 g/mol. The van der Waals surface area contributed by atoms with Crippen LogP contribution < -0.4 is 10.1 Å². The highest BCUT2D eigenvalue weighted by molar-refractivity contribution is 5.65. The van der Waals surface area contributed by atoms with E-state index in [9.17, 15) is 10.2 Å². The van der Waals surface area contributed by atoms with E-state index in [2.05, 4.69) is 23.5 Å². The van der Waals surface area contributed by atoms with Crippen LogP contribution in [-0.4, -0.2) is 47.2 Å². The molecule has 0 aromatic heterocycles.